The van der Waals surface area contributed by atoms with Crippen LogP contribution in [0.2, 0.25) is 30.8 Å². The zero-order valence-electron chi connectivity index (χ0n) is 10.5. The van der Waals surface area contributed by atoms with E-state index in [0.29, 0.717) is 11.9 Å². The van der Waals surface area contributed by atoms with E-state index in [4.69, 9.17) is 21.6 Å². The Morgan fingerprint density at radius 1 is 1.53 bits per heavy atom. The molecule has 17 heavy (non-hydrogen) atoms. The van der Waals surface area contributed by atoms with Gasteiger partial charge in [-0.15, -0.1) is 0 Å². The van der Waals surface area contributed by atoms with Crippen LogP contribution in [-0.4, -0.2) is 24.5 Å². The van der Waals surface area contributed by atoms with Crippen molar-refractivity contribution in [3.8, 4) is 6.07 Å². The number of ether oxygens (including phenoxy) is 1. The van der Waals surface area contributed by atoms with Crippen molar-refractivity contribution in [1.82, 2.24) is 9.78 Å². The van der Waals surface area contributed by atoms with E-state index in [1.54, 1.807) is 10.9 Å². The first-order valence-corrected chi connectivity index (χ1v) is 9.67. The zero-order chi connectivity index (χ0) is 12.9. The normalized spacial score (nSPS) is 11.5. The molecule has 0 aromatic carbocycles. The molecule has 0 spiro atoms. The van der Waals surface area contributed by atoms with E-state index in [0.717, 1.165) is 18.2 Å². The maximum absolute atomic E-state index is 8.58. The first-order chi connectivity index (χ1) is 7.92. The van der Waals surface area contributed by atoms with Crippen LogP contribution in [0.15, 0.2) is 6.20 Å². The quantitative estimate of drug-likeness (QED) is 0.590. The molecule has 6 heteroatoms. The average Bonchev–Trinajstić information content (AvgIpc) is 2.54. The highest BCUT2D eigenvalue weighted by atomic mass is 35.5. The molecule has 0 bridgehead atoms. The summed E-state index contributed by atoms with van der Waals surface area (Å²) in [5.41, 5.74) is 0.753. The lowest BCUT2D eigenvalue weighted by Gasteiger charge is -2.15. The lowest BCUT2D eigenvalue weighted by molar-refractivity contribution is 0.0785. The molecule has 0 fully saturated rings. The van der Waals surface area contributed by atoms with Crippen LogP contribution >= 0.6 is 11.6 Å². The van der Waals surface area contributed by atoms with Crippen LogP contribution in [0, 0.1) is 11.3 Å². The molecule has 0 N–H and O–H groups in total. The summed E-state index contributed by atoms with van der Waals surface area (Å²) in [4.78, 5) is 0. The molecule has 0 atom stereocenters. The average molecular weight is 272 g/mol. The first-order valence-electron chi connectivity index (χ1n) is 5.59. The smallest absolute Gasteiger partial charge is 0.155 e. The number of hydrogen-bond donors (Lipinski definition) is 0. The second kappa shape index (κ2) is 6.19. The van der Waals surface area contributed by atoms with Gasteiger partial charge in [-0.3, -0.25) is 0 Å². The molecule has 1 aromatic rings. The zero-order valence-corrected chi connectivity index (χ0v) is 12.3. The summed E-state index contributed by atoms with van der Waals surface area (Å²) >= 11 is 5.88. The summed E-state index contributed by atoms with van der Waals surface area (Å²) in [5.74, 6) is 0. The number of hydrogen-bond acceptors (Lipinski definition) is 3. The Balaban J connectivity index is 2.38. The number of halogens is 1. The minimum Gasteiger partial charge on any atom is -0.360 e. The summed E-state index contributed by atoms with van der Waals surface area (Å²) in [6.45, 7) is 8.08. The highest BCUT2D eigenvalue weighted by Crippen LogP contribution is 2.14. The highest BCUT2D eigenvalue weighted by molar-refractivity contribution is 6.76. The van der Waals surface area contributed by atoms with Gasteiger partial charge in [0.05, 0.1) is 12.5 Å². The lowest BCUT2D eigenvalue weighted by atomic mass is 10.3. The van der Waals surface area contributed by atoms with Crippen molar-refractivity contribution >= 4 is 19.7 Å². The SMILES string of the molecule is C[Si](C)(C)CCOCn1cc(CC#N)c(Cl)n1. The topological polar surface area (TPSA) is 50.8 Å². The monoisotopic (exact) mass is 271 g/mol. The molecular weight excluding hydrogens is 254 g/mol. The molecule has 0 saturated heterocycles. The number of nitriles is 1. The van der Waals surface area contributed by atoms with Crippen LogP contribution in [-0.2, 0) is 17.9 Å². The summed E-state index contributed by atoms with van der Waals surface area (Å²) in [6, 6.07) is 3.18. The van der Waals surface area contributed by atoms with Gasteiger partial charge in [-0.05, 0) is 6.04 Å². The molecule has 1 aromatic heterocycles. The minimum absolute atomic E-state index is 0.285. The van der Waals surface area contributed by atoms with Crippen LogP contribution in [0.3, 0.4) is 0 Å². The van der Waals surface area contributed by atoms with E-state index in [2.05, 4.69) is 30.8 Å². The number of aromatic nitrogens is 2. The fourth-order valence-corrected chi connectivity index (χ4v) is 2.21. The van der Waals surface area contributed by atoms with Gasteiger partial charge in [0.25, 0.3) is 0 Å². The van der Waals surface area contributed by atoms with E-state index in [1.165, 1.54) is 0 Å². The fourth-order valence-electron chi connectivity index (χ4n) is 1.25. The second-order valence-electron chi connectivity index (χ2n) is 5.17. The molecule has 0 aliphatic rings. The highest BCUT2D eigenvalue weighted by Gasteiger charge is 2.12. The molecule has 0 aliphatic heterocycles. The van der Waals surface area contributed by atoms with E-state index in [9.17, 15) is 0 Å². The van der Waals surface area contributed by atoms with Crippen LogP contribution in [0.5, 0.6) is 0 Å². The van der Waals surface area contributed by atoms with Gasteiger partial charge in [-0.2, -0.15) is 10.4 Å². The van der Waals surface area contributed by atoms with Crippen LogP contribution < -0.4 is 0 Å². The van der Waals surface area contributed by atoms with Gasteiger partial charge in [-0.25, -0.2) is 4.68 Å². The lowest BCUT2D eigenvalue weighted by Crippen LogP contribution is -2.22. The molecular formula is C11H18ClN3OSi. The van der Waals surface area contributed by atoms with Crippen molar-refractivity contribution in [3.05, 3.63) is 16.9 Å². The summed E-state index contributed by atoms with van der Waals surface area (Å²) < 4.78 is 7.17. The minimum atomic E-state index is -1.04. The third-order valence-corrected chi connectivity index (χ3v) is 4.30. The third-order valence-electron chi connectivity index (χ3n) is 2.28. The van der Waals surface area contributed by atoms with Gasteiger partial charge in [0.2, 0.25) is 0 Å². The Hall–Kier alpha value is -0.833. The van der Waals surface area contributed by atoms with Crippen molar-refractivity contribution in [3.63, 3.8) is 0 Å². The third kappa shape index (κ3) is 5.35. The molecule has 4 nitrogen and oxygen atoms in total. The molecule has 0 radical (unpaired) electrons. The molecule has 0 saturated carbocycles. The maximum Gasteiger partial charge on any atom is 0.155 e. The van der Waals surface area contributed by atoms with Gasteiger partial charge in [0.1, 0.15) is 6.73 Å². The molecule has 0 aliphatic carbocycles. The summed E-state index contributed by atoms with van der Waals surface area (Å²) in [5, 5.41) is 13.1. The van der Waals surface area contributed by atoms with E-state index >= 15 is 0 Å². The Morgan fingerprint density at radius 3 is 2.82 bits per heavy atom. The molecule has 1 heterocycles. The predicted octanol–water partition coefficient (Wildman–Crippen LogP) is 2.91. The van der Waals surface area contributed by atoms with Crippen molar-refractivity contribution < 1.29 is 4.74 Å². The van der Waals surface area contributed by atoms with Gasteiger partial charge < -0.3 is 4.74 Å². The molecule has 94 valence electrons. The van der Waals surface area contributed by atoms with Crippen LogP contribution in [0.1, 0.15) is 5.56 Å². The Morgan fingerprint density at radius 2 is 2.24 bits per heavy atom. The Bertz CT molecular complexity index is 406. The summed E-state index contributed by atoms with van der Waals surface area (Å²) in [6.07, 6.45) is 2.05. The molecule has 0 amide bonds. The molecule has 0 unspecified atom stereocenters. The predicted molar refractivity (Wildman–Crippen MR) is 70.7 cm³/mol. The van der Waals surface area contributed by atoms with Gasteiger partial charge in [0, 0.05) is 26.4 Å². The number of rotatable bonds is 6. The van der Waals surface area contributed by atoms with Crippen LogP contribution in [0.25, 0.3) is 0 Å². The fraction of sp³-hybridized carbons (Fsp3) is 0.636. The maximum atomic E-state index is 8.58. The van der Waals surface area contributed by atoms with Crippen LogP contribution in [0.4, 0.5) is 0 Å². The van der Waals surface area contributed by atoms with Crippen molar-refractivity contribution in [1.29, 1.82) is 5.26 Å². The van der Waals surface area contributed by atoms with Crippen molar-refractivity contribution in [2.45, 2.75) is 38.8 Å². The summed E-state index contributed by atoms with van der Waals surface area (Å²) in [7, 11) is -1.04. The van der Waals surface area contributed by atoms with Gasteiger partial charge >= 0.3 is 0 Å². The molecule has 1 rings (SSSR count). The number of nitrogens with zero attached hydrogens (tertiary/aromatic N) is 3. The van der Waals surface area contributed by atoms with E-state index < -0.39 is 8.07 Å². The van der Waals surface area contributed by atoms with Crippen molar-refractivity contribution in [2.75, 3.05) is 6.61 Å². The van der Waals surface area contributed by atoms with Crippen molar-refractivity contribution in [2.24, 2.45) is 0 Å². The van der Waals surface area contributed by atoms with Gasteiger partial charge in [-0.1, -0.05) is 31.2 Å². The first kappa shape index (κ1) is 14.2. The van der Waals surface area contributed by atoms with Gasteiger partial charge in [0.15, 0.2) is 5.15 Å². The largest absolute Gasteiger partial charge is 0.360 e. The van der Waals surface area contributed by atoms with E-state index in [-0.39, 0.29) is 6.42 Å². The standard InChI is InChI=1S/C11H18ClN3OSi/c1-17(2,3)7-6-16-9-15-8-10(4-5-13)11(12)14-15/h8H,4,6-7,9H2,1-3H3. The Labute approximate surface area is 108 Å². The Kier molecular flexibility index (Phi) is 5.19. The second-order valence-corrected chi connectivity index (χ2v) is 11.1. The van der Waals surface area contributed by atoms with E-state index in [1.807, 2.05) is 0 Å².